The fourth-order valence-electron chi connectivity index (χ4n) is 1.91. The van der Waals surface area contributed by atoms with Crippen molar-refractivity contribution in [1.29, 1.82) is 0 Å². The van der Waals surface area contributed by atoms with E-state index in [1.54, 1.807) is 12.3 Å². The van der Waals surface area contributed by atoms with Gasteiger partial charge in [-0.25, -0.2) is 0 Å². The molecule has 2 rings (SSSR count). The van der Waals surface area contributed by atoms with Crippen molar-refractivity contribution in [3.63, 3.8) is 0 Å². The maximum Gasteiger partial charge on any atom is 0.253 e. The number of carbonyl (C=O) groups is 1. The molecule has 0 bridgehead atoms. The average Bonchev–Trinajstić information content (AvgIpc) is 2.37. The van der Waals surface area contributed by atoms with Gasteiger partial charge in [-0.2, -0.15) is 0 Å². The molecule has 20 heavy (non-hydrogen) atoms. The summed E-state index contributed by atoms with van der Waals surface area (Å²) in [6, 6.07) is 3.55. The molecule has 104 valence electrons. The molecular weight excluding hydrogens is 322 g/mol. The molecule has 1 amide bonds. The zero-order chi connectivity index (χ0) is 14.7. The Balaban J connectivity index is 2.13. The predicted molar refractivity (Wildman–Crippen MR) is 79.6 cm³/mol. The number of aromatic amines is 1. The quantitative estimate of drug-likeness (QED) is 0.901. The van der Waals surface area contributed by atoms with Crippen LogP contribution >= 0.6 is 15.9 Å². The van der Waals surface area contributed by atoms with Gasteiger partial charge in [0.25, 0.3) is 11.5 Å². The van der Waals surface area contributed by atoms with Crippen LogP contribution in [-0.2, 0) is 6.54 Å². The van der Waals surface area contributed by atoms with Crippen LogP contribution in [0.5, 0.6) is 0 Å². The van der Waals surface area contributed by atoms with Crippen LogP contribution in [0.1, 0.15) is 27.2 Å². The van der Waals surface area contributed by atoms with Crippen molar-refractivity contribution in [2.75, 3.05) is 0 Å². The summed E-state index contributed by atoms with van der Waals surface area (Å²) in [4.78, 5) is 30.5. The van der Waals surface area contributed by atoms with Crippen LogP contribution in [0.2, 0.25) is 0 Å². The van der Waals surface area contributed by atoms with Gasteiger partial charge in [-0.3, -0.25) is 14.6 Å². The lowest BCUT2D eigenvalue weighted by atomic mass is 10.1. The zero-order valence-electron chi connectivity index (χ0n) is 11.2. The number of pyridine rings is 2. The second-order valence-corrected chi connectivity index (χ2v) is 5.43. The molecule has 5 nitrogen and oxygen atoms in total. The fourth-order valence-corrected chi connectivity index (χ4v) is 2.27. The fraction of sp³-hybridized carbons (Fsp3) is 0.214. The monoisotopic (exact) mass is 335 g/mol. The number of aryl methyl sites for hydroxylation is 2. The van der Waals surface area contributed by atoms with E-state index in [0.717, 1.165) is 15.7 Å². The van der Waals surface area contributed by atoms with E-state index in [0.29, 0.717) is 11.1 Å². The third-order valence-electron chi connectivity index (χ3n) is 2.89. The number of amides is 1. The topological polar surface area (TPSA) is 74.8 Å². The average molecular weight is 336 g/mol. The van der Waals surface area contributed by atoms with Gasteiger partial charge >= 0.3 is 0 Å². The molecule has 2 aromatic rings. The van der Waals surface area contributed by atoms with E-state index in [-0.39, 0.29) is 18.0 Å². The van der Waals surface area contributed by atoms with Crippen LogP contribution in [-0.4, -0.2) is 15.9 Å². The molecule has 0 unspecified atom stereocenters. The highest BCUT2D eigenvalue weighted by molar-refractivity contribution is 9.10. The number of hydrogen-bond acceptors (Lipinski definition) is 3. The SMILES string of the molecule is Cc1cc(C)c(CNC(=O)c2cncc(Br)c2)c(=O)[nH]1. The standard InChI is InChI=1S/C14H14BrN3O2/c1-8-3-9(2)18-14(20)12(8)7-17-13(19)10-4-11(15)6-16-5-10/h3-6H,7H2,1-2H3,(H,17,19)(H,18,20). The normalized spacial score (nSPS) is 10.3. The van der Waals surface area contributed by atoms with Crippen LogP contribution in [0.3, 0.4) is 0 Å². The lowest BCUT2D eigenvalue weighted by Gasteiger charge is -2.08. The van der Waals surface area contributed by atoms with Crippen molar-refractivity contribution in [1.82, 2.24) is 15.3 Å². The van der Waals surface area contributed by atoms with E-state index >= 15 is 0 Å². The van der Waals surface area contributed by atoms with Crippen molar-refractivity contribution < 1.29 is 4.79 Å². The number of rotatable bonds is 3. The molecule has 0 aliphatic rings. The maximum atomic E-state index is 12.0. The summed E-state index contributed by atoms with van der Waals surface area (Å²) >= 11 is 3.26. The maximum absolute atomic E-state index is 12.0. The van der Waals surface area contributed by atoms with E-state index in [4.69, 9.17) is 0 Å². The van der Waals surface area contributed by atoms with Gasteiger partial charge in [-0.05, 0) is 47.5 Å². The van der Waals surface area contributed by atoms with Crippen LogP contribution in [0.15, 0.2) is 33.8 Å². The minimum Gasteiger partial charge on any atom is -0.348 e. The third-order valence-corrected chi connectivity index (χ3v) is 3.32. The molecule has 0 fully saturated rings. The number of aromatic nitrogens is 2. The Labute approximate surface area is 124 Å². The number of H-pyrrole nitrogens is 1. The zero-order valence-corrected chi connectivity index (χ0v) is 12.7. The first kappa shape index (κ1) is 14.5. The van der Waals surface area contributed by atoms with Crippen molar-refractivity contribution >= 4 is 21.8 Å². The van der Waals surface area contributed by atoms with Crippen LogP contribution in [0, 0.1) is 13.8 Å². The summed E-state index contributed by atoms with van der Waals surface area (Å²) in [7, 11) is 0. The Bertz CT molecular complexity index is 710. The molecule has 0 aliphatic carbocycles. The van der Waals surface area contributed by atoms with Gasteiger partial charge in [-0.1, -0.05) is 0 Å². The molecule has 2 aromatic heterocycles. The molecule has 0 aromatic carbocycles. The Morgan fingerprint density at radius 1 is 1.35 bits per heavy atom. The molecule has 2 N–H and O–H groups in total. The van der Waals surface area contributed by atoms with Gasteiger partial charge in [0.2, 0.25) is 0 Å². The van der Waals surface area contributed by atoms with E-state index in [9.17, 15) is 9.59 Å². The second-order valence-electron chi connectivity index (χ2n) is 4.52. The predicted octanol–water partition coefficient (Wildman–Crippen LogP) is 2.08. The molecule has 0 aliphatic heterocycles. The highest BCUT2D eigenvalue weighted by Crippen LogP contribution is 2.10. The van der Waals surface area contributed by atoms with Crippen molar-refractivity contribution in [2.45, 2.75) is 20.4 Å². The molecule has 0 atom stereocenters. The highest BCUT2D eigenvalue weighted by Gasteiger charge is 2.09. The molecule has 2 heterocycles. The lowest BCUT2D eigenvalue weighted by Crippen LogP contribution is -2.28. The molecular formula is C14H14BrN3O2. The molecule has 0 saturated heterocycles. The summed E-state index contributed by atoms with van der Waals surface area (Å²) in [5.74, 6) is -0.266. The summed E-state index contributed by atoms with van der Waals surface area (Å²) in [6.45, 7) is 3.86. The van der Waals surface area contributed by atoms with Crippen molar-refractivity contribution in [2.24, 2.45) is 0 Å². The number of carbonyl (C=O) groups excluding carboxylic acids is 1. The Kier molecular flexibility index (Phi) is 4.34. The van der Waals surface area contributed by atoms with Gasteiger partial charge in [-0.15, -0.1) is 0 Å². The molecule has 0 radical (unpaired) electrons. The minimum atomic E-state index is -0.266. The highest BCUT2D eigenvalue weighted by atomic mass is 79.9. The Morgan fingerprint density at radius 2 is 2.10 bits per heavy atom. The van der Waals surface area contributed by atoms with Gasteiger partial charge in [0.05, 0.1) is 5.56 Å². The van der Waals surface area contributed by atoms with Crippen molar-refractivity contribution in [3.8, 4) is 0 Å². The van der Waals surface area contributed by atoms with Crippen LogP contribution in [0.4, 0.5) is 0 Å². The second kappa shape index (κ2) is 6.00. The number of halogens is 1. The van der Waals surface area contributed by atoms with Crippen LogP contribution < -0.4 is 10.9 Å². The first-order chi connectivity index (χ1) is 9.47. The first-order valence-electron chi connectivity index (χ1n) is 6.05. The summed E-state index contributed by atoms with van der Waals surface area (Å²) in [5.41, 5.74) is 2.50. The number of nitrogens with one attached hydrogen (secondary N) is 2. The number of hydrogen-bond donors (Lipinski definition) is 2. The van der Waals surface area contributed by atoms with Crippen molar-refractivity contribution in [3.05, 3.63) is 61.7 Å². The lowest BCUT2D eigenvalue weighted by molar-refractivity contribution is 0.0950. The van der Waals surface area contributed by atoms with E-state index in [1.165, 1.54) is 6.20 Å². The van der Waals surface area contributed by atoms with Gasteiger partial charge < -0.3 is 10.3 Å². The van der Waals surface area contributed by atoms with Gasteiger partial charge in [0, 0.05) is 34.7 Å². The summed E-state index contributed by atoms with van der Waals surface area (Å²) < 4.78 is 0.731. The smallest absolute Gasteiger partial charge is 0.253 e. The number of nitrogens with zero attached hydrogens (tertiary/aromatic N) is 1. The molecule has 0 spiro atoms. The largest absolute Gasteiger partial charge is 0.348 e. The van der Waals surface area contributed by atoms with Gasteiger partial charge in [0.1, 0.15) is 0 Å². The van der Waals surface area contributed by atoms with E-state index in [2.05, 4.69) is 31.2 Å². The summed E-state index contributed by atoms with van der Waals surface area (Å²) in [5, 5.41) is 2.72. The third kappa shape index (κ3) is 3.33. The molecule has 6 heteroatoms. The first-order valence-corrected chi connectivity index (χ1v) is 6.85. The van der Waals surface area contributed by atoms with E-state index in [1.807, 2.05) is 19.9 Å². The van der Waals surface area contributed by atoms with Gasteiger partial charge in [0.15, 0.2) is 0 Å². The summed E-state index contributed by atoms with van der Waals surface area (Å²) in [6.07, 6.45) is 3.08. The molecule has 0 saturated carbocycles. The Morgan fingerprint density at radius 3 is 2.75 bits per heavy atom. The van der Waals surface area contributed by atoms with E-state index < -0.39 is 0 Å². The minimum absolute atomic E-state index is 0.171. The Hall–Kier alpha value is -1.95. The van der Waals surface area contributed by atoms with Crippen LogP contribution in [0.25, 0.3) is 0 Å².